The monoisotopic (exact) mass is 370 g/mol. The van der Waals surface area contributed by atoms with Gasteiger partial charge in [0.2, 0.25) is 0 Å². The molecule has 4 bridgehead atoms. The van der Waals surface area contributed by atoms with Crippen molar-refractivity contribution in [2.24, 2.45) is 11.8 Å². The van der Waals surface area contributed by atoms with Gasteiger partial charge in [-0.15, -0.1) is 0 Å². The van der Waals surface area contributed by atoms with Crippen molar-refractivity contribution in [2.75, 3.05) is 32.4 Å². The molecule has 1 unspecified atom stereocenters. The van der Waals surface area contributed by atoms with E-state index in [1.165, 1.54) is 17.7 Å². The lowest BCUT2D eigenvalue weighted by atomic mass is 9.70. The number of fused-ring (bicyclic) bond motifs is 2. The van der Waals surface area contributed by atoms with Crippen molar-refractivity contribution in [3.05, 3.63) is 41.5 Å². The van der Waals surface area contributed by atoms with E-state index in [9.17, 15) is 9.90 Å². The molecule has 1 spiro atoms. The number of aliphatic hydroxyl groups excluding tert-OH is 1. The van der Waals surface area contributed by atoms with Crippen LogP contribution in [0.2, 0.25) is 0 Å². The number of anilines is 1. The molecule has 1 N–H and O–H groups in total. The molecule has 5 aliphatic rings. The van der Waals surface area contributed by atoms with Crippen LogP contribution in [0, 0.1) is 11.8 Å². The predicted octanol–water partition coefficient (Wildman–Crippen LogP) is 1.49. The Morgan fingerprint density at radius 1 is 1.37 bits per heavy atom. The van der Waals surface area contributed by atoms with Gasteiger partial charge in [0.1, 0.15) is 5.41 Å². The SMILES string of the molecule is C/C=C1\CN(C)[C@H]2C(O)[C@@]3(C(=O)N(OC)c4ccccc43)[C@H]3C[C@@H]1[C@@H]2CO3. The number of ether oxygens (including phenoxy) is 1. The van der Waals surface area contributed by atoms with Crippen molar-refractivity contribution >= 4 is 11.6 Å². The number of nitrogens with zero attached hydrogens (tertiary/aromatic N) is 2. The highest BCUT2D eigenvalue weighted by atomic mass is 16.7. The number of hydrogen-bond acceptors (Lipinski definition) is 5. The summed E-state index contributed by atoms with van der Waals surface area (Å²) >= 11 is 0. The van der Waals surface area contributed by atoms with E-state index in [0.717, 1.165) is 18.5 Å². The smallest absolute Gasteiger partial charge is 0.266 e. The Labute approximate surface area is 159 Å². The Morgan fingerprint density at radius 2 is 2.15 bits per heavy atom. The van der Waals surface area contributed by atoms with Crippen LogP contribution in [0.5, 0.6) is 0 Å². The molecule has 4 fully saturated rings. The number of carbonyl (C=O) groups is 1. The number of hydrogen-bond donors (Lipinski definition) is 1. The van der Waals surface area contributed by atoms with Gasteiger partial charge in [-0.05, 0) is 37.9 Å². The standard InChI is InChI=1S/C21H26N2O4/c1-4-12-10-22(2)18-14-11-27-17(9-13(12)14)21(19(18)24)15-7-5-6-8-16(15)23(26-3)20(21)25/h4-8,13-14,17-19,24H,9-11H2,1-3H3/b12-4+/t13-,14-,17+,18+,19?,21-/m0/s1. The Hall–Kier alpha value is -1.73. The number of likely N-dealkylation sites (tertiary alicyclic amines) is 1. The highest BCUT2D eigenvalue weighted by molar-refractivity contribution is 6.08. The van der Waals surface area contributed by atoms with Crippen LogP contribution in [0.1, 0.15) is 18.9 Å². The van der Waals surface area contributed by atoms with Crippen molar-refractivity contribution in [1.82, 2.24) is 4.90 Å². The lowest BCUT2D eigenvalue weighted by molar-refractivity contribution is -0.143. The zero-order valence-corrected chi connectivity index (χ0v) is 16.0. The minimum absolute atomic E-state index is 0.125. The molecule has 3 saturated heterocycles. The molecule has 1 aliphatic carbocycles. The third-order valence-electron chi connectivity index (χ3n) is 7.29. The molecule has 1 amide bonds. The van der Waals surface area contributed by atoms with Crippen molar-refractivity contribution in [1.29, 1.82) is 0 Å². The molecule has 4 aliphatic heterocycles. The van der Waals surface area contributed by atoms with Crippen molar-refractivity contribution in [2.45, 2.75) is 37.0 Å². The number of aliphatic hydroxyl groups is 1. The summed E-state index contributed by atoms with van der Waals surface area (Å²) in [7, 11) is 3.54. The second-order valence-corrected chi connectivity index (χ2v) is 8.21. The third-order valence-corrected chi connectivity index (χ3v) is 7.29. The predicted molar refractivity (Wildman–Crippen MR) is 100 cm³/mol. The number of piperidine rings is 1. The number of hydroxylamine groups is 1. The third kappa shape index (κ3) is 1.96. The van der Waals surface area contributed by atoms with E-state index in [1.54, 1.807) is 0 Å². The summed E-state index contributed by atoms with van der Waals surface area (Å²) in [5.74, 6) is 0.324. The quantitative estimate of drug-likeness (QED) is 0.759. The molecule has 144 valence electrons. The Kier molecular flexibility index (Phi) is 3.78. The van der Waals surface area contributed by atoms with E-state index in [1.807, 2.05) is 31.3 Å². The van der Waals surface area contributed by atoms with Crippen molar-refractivity contribution in [3.63, 3.8) is 0 Å². The zero-order valence-electron chi connectivity index (χ0n) is 16.0. The van der Waals surface area contributed by atoms with Gasteiger partial charge < -0.3 is 9.84 Å². The van der Waals surface area contributed by atoms with E-state index in [-0.39, 0.29) is 24.0 Å². The van der Waals surface area contributed by atoms with Crippen LogP contribution in [0.15, 0.2) is 35.9 Å². The lowest BCUT2D eigenvalue weighted by Crippen LogP contribution is -2.61. The molecular formula is C21H26N2O4. The maximum absolute atomic E-state index is 13.7. The molecule has 1 aromatic rings. The minimum atomic E-state index is -1.13. The summed E-state index contributed by atoms with van der Waals surface area (Å²) < 4.78 is 6.29. The molecule has 1 aromatic carbocycles. The van der Waals surface area contributed by atoms with Crippen molar-refractivity contribution < 1.29 is 19.5 Å². The molecule has 6 atom stereocenters. The first kappa shape index (κ1) is 17.4. The van der Waals surface area contributed by atoms with E-state index >= 15 is 0 Å². The number of amides is 1. The summed E-state index contributed by atoms with van der Waals surface area (Å²) in [5.41, 5.74) is 1.79. The van der Waals surface area contributed by atoms with Gasteiger partial charge in [0.15, 0.2) is 0 Å². The summed E-state index contributed by atoms with van der Waals surface area (Å²) in [6, 6.07) is 7.51. The normalized spacial score (nSPS) is 42.1. The summed E-state index contributed by atoms with van der Waals surface area (Å²) in [6.07, 6.45) is 1.73. The van der Waals surface area contributed by atoms with E-state index in [2.05, 4.69) is 17.9 Å². The average molecular weight is 370 g/mol. The maximum atomic E-state index is 13.7. The number of para-hydroxylation sites is 1. The molecule has 6 nitrogen and oxygen atoms in total. The fraction of sp³-hybridized carbons (Fsp3) is 0.571. The second-order valence-electron chi connectivity index (χ2n) is 8.21. The van der Waals surface area contributed by atoms with Crippen molar-refractivity contribution in [3.8, 4) is 0 Å². The van der Waals surface area contributed by atoms with Gasteiger partial charge in [-0.3, -0.25) is 14.5 Å². The van der Waals surface area contributed by atoms with Crippen LogP contribution in [0.25, 0.3) is 0 Å². The highest BCUT2D eigenvalue weighted by Gasteiger charge is 2.68. The molecular weight excluding hydrogens is 344 g/mol. The van der Waals surface area contributed by atoms with Gasteiger partial charge in [0.05, 0.1) is 31.6 Å². The topological polar surface area (TPSA) is 62.2 Å². The van der Waals surface area contributed by atoms with Crippen LogP contribution in [-0.4, -0.2) is 61.5 Å². The fourth-order valence-corrected chi connectivity index (χ4v) is 6.15. The van der Waals surface area contributed by atoms with Gasteiger partial charge in [0, 0.05) is 18.5 Å². The number of benzene rings is 1. The van der Waals surface area contributed by atoms with E-state index in [4.69, 9.17) is 9.57 Å². The molecule has 4 heterocycles. The van der Waals surface area contributed by atoms with Gasteiger partial charge in [-0.25, -0.2) is 0 Å². The summed E-state index contributed by atoms with van der Waals surface area (Å²) in [4.78, 5) is 21.3. The molecule has 0 radical (unpaired) electrons. The Morgan fingerprint density at radius 3 is 2.89 bits per heavy atom. The van der Waals surface area contributed by atoms with Gasteiger partial charge >= 0.3 is 0 Å². The van der Waals surface area contributed by atoms with Crippen LogP contribution < -0.4 is 5.06 Å². The molecule has 6 heteroatoms. The van der Waals surface area contributed by atoms with Gasteiger partial charge in [-0.2, -0.15) is 5.06 Å². The largest absolute Gasteiger partial charge is 0.390 e. The number of allylic oxidation sites excluding steroid dienone is 1. The minimum Gasteiger partial charge on any atom is -0.390 e. The fourth-order valence-electron chi connectivity index (χ4n) is 6.15. The van der Waals surface area contributed by atoms with Crippen LogP contribution in [-0.2, 0) is 19.8 Å². The second kappa shape index (κ2) is 5.88. The van der Waals surface area contributed by atoms with E-state index < -0.39 is 11.5 Å². The van der Waals surface area contributed by atoms with Gasteiger partial charge in [0.25, 0.3) is 5.91 Å². The van der Waals surface area contributed by atoms with Gasteiger partial charge in [-0.1, -0.05) is 29.8 Å². The average Bonchev–Trinajstić information content (AvgIpc) is 2.81. The molecule has 27 heavy (non-hydrogen) atoms. The van der Waals surface area contributed by atoms with Crippen LogP contribution in [0.3, 0.4) is 0 Å². The lowest BCUT2D eigenvalue weighted by Gasteiger charge is -2.46. The van der Waals surface area contributed by atoms with Crippen LogP contribution >= 0.6 is 0 Å². The summed E-state index contributed by atoms with van der Waals surface area (Å²) in [5, 5.41) is 13.1. The number of carbonyl (C=O) groups excluding carboxylic acids is 1. The highest BCUT2D eigenvalue weighted by Crippen LogP contribution is 2.57. The maximum Gasteiger partial charge on any atom is 0.266 e. The Bertz CT molecular complexity index is 824. The molecule has 0 aromatic heterocycles. The molecule has 6 rings (SSSR count). The van der Waals surface area contributed by atoms with Crippen LogP contribution in [0.4, 0.5) is 5.69 Å². The first-order valence-electron chi connectivity index (χ1n) is 9.68. The zero-order chi connectivity index (χ0) is 18.9. The Balaban J connectivity index is 1.75. The number of likely N-dealkylation sites (N-methyl/N-ethyl adjacent to an activating group) is 1. The first-order valence-corrected chi connectivity index (χ1v) is 9.68. The van der Waals surface area contributed by atoms with E-state index in [0.29, 0.717) is 18.2 Å². The first-order chi connectivity index (χ1) is 13.1. The molecule has 1 saturated carbocycles. The number of rotatable bonds is 1. The summed E-state index contributed by atoms with van der Waals surface area (Å²) in [6.45, 7) is 3.48.